The predicted octanol–water partition coefficient (Wildman–Crippen LogP) is 5.43. The number of hydrogen-bond donors (Lipinski definition) is 2. The summed E-state index contributed by atoms with van der Waals surface area (Å²) in [6.07, 6.45) is 2.77. The third-order valence-electron chi connectivity index (χ3n) is 6.01. The highest BCUT2D eigenvalue weighted by Crippen LogP contribution is 2.43. The number of carbonyl (C=O) groups is 1. The van der Waals surface area contributed by atoms with Crippen LogP contribution in [0.1, 0.15) is 54.2 Å². The summed E-state index contributed by atoms with van der Waals surface area (Å²) in [7, 11) is -3.40. The summed E-state index contributed by atoms with van der Waals surface area (Å²) in [6.45, 7) is 15.6. The molecule has 1 heterocycles. The van der Waals surface area contributed by atoms with Crippen LogP contribution in [-0.4, -0.2) is 51.6 Å². The minimum absolute atomic E-state index is 0.124. The van der Waals surface area contributed by atoms with E-state index in [9.17, 15) is 14.3 Å². The molecule has 35 heavy (non-hydrogen) atoms. The Balaban J connectivity index is 2.24. The van der Waals surface area contributed by atoms with Crippen molar-refractivity contribution in [1.82, 2.24) is 5.32 Å². The van der Waals surface area contributed by atoms with Gasteiger partial charge < -0.3 is 28.9 Å². The van der Waals surface area contributed by atoms with E-state index in [-0.39, 0.29) is 25.0 Å². The van der Waals surface area contributed by atoms with Gasteiger partial charge in [0.05, 0.1) is 26.1 Å². The highest BCUT2D eigenvalue weighted by molar-refractivity contribution is 7.52. The first kappa shape index (κ1) is 29.6. The summed E-state index contributed by atoms with van der Waals surface area (Å²) in [5.74, 6) is 0.878. The van der Waals surface area contributed by atoms with Crippen molar-refractivity contribution in [2.24, 2.45) is 0 Å². The molecule has 1 aromatic carbocycles. The van der Waals surface area contributed by atoms with Crippen molar-refractivity contribution in [1.29, 1.82) is 0 Å². The Morgan fingerprint density at radius 1 is 1.31 bits per heavy atom. The SMILES string of the molecule is CCC(C)OP(=O)(O)CNCC(C)=CCc1c(OC)c(C)c2c(c1OCC[Si](C)(C)C)C(=O)OC2. The van der Waals surface area contributed by atoms with Gasteiger partial charge in [-0.15, -0.1) is 0 Å². The Bertz CT molecular complexity index is 987. The van der Waals surface area contributed by atoms with E-state index < -0.39 is 15.7 Å². The van der Waals surface area contributed by atoms with Crippen LogP contribution in [0.25, 0.3) is 0 Å². The highest BCUT2D eigenvalue weighted by Gasteiger charge is 2.33. The van der Waals surface area contributed by atoms with Gasteiger partial charge in [0.25, 0.3) is 0 Å². The Morgan fingerprint density at radius 3 is 2.60 bits per heavy atom. The Morgan fingerprint density at radius 2 is 2.00 bits per heavy atom. The van der Waals surface area contributed by atoms with E-state index in [2.05, 4.69) is 25.0 Å². The molecule has 198 valence electrons. The van der Waals surface area contributed by atoms with Crippen molar-refractivity contribution in [3.63, 3.8) is 0 Å². The summed E-state index contributed by atoms with van der Waals surface area (Å²) in [5.41, 5.74) is 3.99. The maximum Gasteiger partial charge on any atom is 0.342 e. The molecule has 10 heteroatoms. The van der Waals surface area contributed by atoms with Crippen LogP contribution in [0.5, 0.6) is 11.5 Å². The number of nitrogens with one attached hydrogen (secondary N) is 1. The van der Waals surface area contributed by atoms with Crippen LogP contribution >= 0.6 is 7.60 Å². The molecule has 0 aromatic heterocycles. The number of fused-ring (bicyclic) bond motifs is 1. The third-order valence-corrected chi connectivity index (χ3v) is 9.03. The second kappa shape index (κ2) is 12.5. The lowest BCUT2D eigenvalue weighted by Gasteiger charge is -2.21. The molecule has 2 atom stereocenters. The van der Waals surface area contributed by atoms with Gasteiger partial charge in [0.15, 0.2) is 0 Å². The number of rotatable bonds is 14. The lowest BCUT2D eigenvalue weighted by molar-refractivity contribution is 0.0532. The van der Waals surface area contributed by atoms with Gasteiger partial charge in [0, 0.05) is 25.7 Å². The van der Waals surface area contributed by atoms with E-state index in [1.807, 2.05) is 26.8 Å². The fourth-order valence-corrected chi connectivity index (χ4v) is 5.66. The summed E-state index contributed by atoms with van der Waals surface area (Å²) in [6, 6.07) is 0.963. The first-order valence-electron chi connectivity index (χ1n) is 12.2. The Kier molecular flexibility index (Phi) is 10.6. The molecule has 0 bridgehead atoms. The zero-order chi connectivity index (χ0) is 26.4. The Labute approximate surface area is 210 Å². The van der Waals surface area contributed by atoms with Crippen LogP contribution in [0.4, 0.5) is 0 Å². The van der Waals surface area contributed by atoms with E-state index in [0.717, 1.165) is 28.3 Å². The standard InChI is InChI=1S/C25H42NO7PSi/c1-9-18(3)33-34(28,29)16-26-14-17(2)10-11-20-23(30-5)19(4)21-15-32-25(27)22(21)24(20)31-12-13-35(6,7)8/h10,18,26H,9,11-16H2,1-8H3,(H,28,29). The van der Waals surface area contributed by atoms with Crippen molar-refractivity contribution in [2.45, 2.75) is 78.9 Å². The second-order valence-electron chi connectivity index (χ2n) is 10.4. The van der Waals surface area contributed by atoms with E-state index in [1.54, 1.807) is 14.0 Å². The van der Waals surface area contributed by atoms with Gasteiger partial charge in [-0.05, 0) is 45.2 Å². The molecule has 8 nitrogen and oxygen atoms in total. The largest absolute Gasteiger partial charge is 0.496 e. The molecule has 2 N–H and O–H groups in total. The van der Waals surface area contributed by atoms with Crippen molar-refractivity contribution in [3.05, 3.63) is 33.9 Å². The number of allylic oxidation sites excluding steroid dienone is 1. The van der Waals surface area contributed by atoms with Crippen molar-refractivity contribution in [2.75, 3.05) is 26.5 Å². The summed E-state index contributed by atoms with van der Waals surface area (Å²) < 4.78 is 34.8. The van der Waals surface area contributed by atoms with Gasteiger partial charge in [-0.2, -0.15) is 0 Å². The fraction of sp³-hybridized carbons (Fsp3) is 0.640. The molecule has 0 spiro atoms. The number of benzene rings is 1. The first-order valence-corrected chi connectivity index (χ1v) is 17.6. The van der Waals surface area contributed by atoms with Crippen LogP contribution in [0.2, 0.25) is 25.7 Å². The second-order valence-corrected chi connectivity index (χ2v) is 17.8. The molecule has 0 saturated carbocycles. The van der Waals surface area contributed by atoms with Gasteiger partial charge in [0.2, 0.25) is 0 Å². The average Bonchev–Trinajstić information content (AvgIpc) is 3.14. The van der Waals surface area contributed by atoms with Gasteiger partial charge >= 0.3 is 13.6 Å². The predicted molar refractivity (Wildman–Crippen MR) is 141 cm³/mol. The van der Waals surface area contributed by atoms with E-state index >= 15 is 0 Å². The number of hydrogen-bond acceptors (Lipinski definition) is 7. The minimum atomic E-state index is -3.69. The molecular weight excluding hydrogens is 485 g/mol. The molecule has 0 aliphatic carbocycles. The molecule has 2 rings (SSSR count). The summed E-state index contributed by atoms with van der Waals surface area (Å²) in [4.78, 5) is 22.6. The quantitative estimate of drug-likeness (QED) is 0.143. The third kappa shape index (κ3) is 8.46. The molecule has 0 amide bonds. The molecule has 0 radical (unpaired) electrons. The van der Waals surface area contributed by atoms with Gasteiger partial charge in [-0.3, -0.25) is 4.57 Å². The van der Waals surface area contributed by atoms with Crippen LogP contribution in [0.15, 0.2) is 11.6 Å². The average molecular weight is 528 g/mol. The minimum Gasteiger partial charge on any atom is -0.496 e. The van der Waals surface area contributed by atoms with Gasteiger partial charge in [0.1, 0.15) is 23.7 Å². The molecule has 0 saturated heterocycles. The molecule has 0 fully saturated rings. The maximum atomic E-state index is 12.6. The zero-order valence-corrected chi connectivity index (χ0v) is 24.3. The number of ether oxygens (including phenoxy) is 3. The van der Waals surface area contributed by atoms with Crippen molar-refractivity contribution >= 4 is 21.6 Å². The van der Waals surface area contributed by atoms with Gasteiger partial charge in [-0.25, -0.2) is 4.79 Å². The monoisotopic (exact) mass is 527 g/mol. The van der Waals surface area contributed by atoms with Crippen LogP contribution < -0.4 is 14.8 Å². The Hall–Kier alpha value is -1.64. The lowest BCUT2D eigenvalue weighted by atomic mass is 9.95. The topological polar surface area (TPSA) is 103 Å². The maximum absolute atomic E-state index is 12.6. The number of carbonyl (C=O) groups excluding carboxylic acids is 1. The van der Waals surface area contributed by atoms with E-state index in [0.29, 0.717) is 43.1 Å². The molecule has 1 aliphatic heterocycles. The first-order chi connectivity index (χ1) is 16.3. The zero-order valence-electron chi connectivity index (χ0n) is 22.4. The highest BCUT2D eigenvalue weighted by atomic mass is 31.2. The van der Waals surface area contributed by atoms with Gasteiger partial charge in [-0.1, -0.05) is 38.2 Å². The molecule has 2 unspecified atom stereocenters. The summed E-state index contributed by atoms with van der Waals surface area (Å²) in [5, 5.41) is 3.01. The van der Waals surface area contributed by atoms with Crippen LogP contribution in [-0.2, 0) is 26.9 Å². The smallest absolute Gasteiger partial charge is 0.342 e. The molecular formula is C25H42NO7PSi. The number of cyclic esters (lactones) is 1. The van der Waals surface area contributed by atoms with E-state index in [1.165, 1.54) is 0 Å². The molecule has 1 aliphatic rings. The van der Waals surface area contributed by atoms with Crippen LogP contribution in [0, 0.1) is 6.92 Å². The van der Waals surface area contributed by atoms with E-state index in [4.69, 9.17) is 18.7 Å². The summed E-state index contributed by atoms with van der Waals surface area (Å²) >= 11 is 0. The lowest BCUT2D eigenvalue weighted by Crippen LogP contribution is -2.23. The van der Waals surface area contributed by atoms with Crippen LogP contribution in [0.3, 0.4) is 0 Å². The molecule has 1 aromatic rings. The van der Waals surface area contributed by atoms with Crippen molar-refractivity contribution in [3.8, 4) is 11.5 Å². The normalized spacial score (nSPS) is 16.5. The van der Waals surface area contributed by atoms with Crippen molar-refractivity contribution < 1.29 is 33.0 Å². The number of methoxy groups -OCH3 is 1. The fourth-order valence-electron chi connectivity index (χ4n) is 3.76. The number of esters is 1.